The number of aliphatic imine (C=N–C) groups is 4. The van der Waals surface area contributed by atoms with Crippen LogP contribution < -0.4 is 0 Å². The van der Waals surface area contributed by atoms with Crippen LogP contribution in [0.5, 0.6) is 0 Å². The second kappa shape index (κ2) is 8.07. The molecule has 1 aliphatic carbocycles. The molecule has 0 saturated heterocycles. The van der Waals surface area contributed by atoms with Crippen LogP contribution in [0, 0.1) is 0 Å². The first kappa shape index (κ1) is 19.5. The molecule has 134 valence electrons. The van der Waals surface area contributed by atoms with E-state index in [-0.39, 0.29) is 6.42 Å². The number of benzene rings is 1. The van der Waals surface area contributed by atoms with Crippen molar-refractivity contribution < 1.29 is 19.2 Å². The molecule has 0 fully saturated rings. The van der Waals surface area contributed by atoms with Gasteiger partial charge in [-0.3, -0.25) is 0 Å². The fourth-order valence-electron chi connectivity index (χ4n) is 3.05. The summed E-state index contributed by atoms with van der Waals surface area (Å²) in [4.78, 5) is 58.0. The summed E-state index contributed by atoms with van der Waals surface area (Å²) in [5.74, 6) is 0. The van der Waals surface area contributed by atoms with Crippen molar-refractivity contribution in [3.8, 4) is 0 Å². The third-order valence-electron chi connectivity index (χ3n) is 4.37. The average Bonchev–Trinajstić information content (AvgIpc) is 2.64. The highest BCUT2D eigenvalue weighted by Crippen LogP contribution is 2.45. The molecule has 0 aromatic heterocycles. The van der Waals surface area contributed by atoms with Crippen LogP contribution in [-0.2, 0) is 24.6 Å². The highest BCUT2D eigenvalue weighted by Gasteiger charge is 2.44. The van der Waals surface area contributed by atoms with Crippen LogP contribution in [0.25, 0.3) is 0 Å². The molecule has 0 spiro atoms. The van der Waals surface area contributed by atoms with Crippen molar-refractivity contribution in [1.29, 1.82) is 0 Å². The largest absolute Gasteiger partial charge is 0.240 e. The van der Waals surface area contributed by atoms with Crippen molar-refractivity contribution in [2.24, 2.45) is 20.0 Å². The Labute approximate surface area is 154 Å². The molecule has 0 unspecified atom stereocenters. The lowest BCUT2D eigenvalue weighted by atomic mass is 9.69. The summed E-state index contributed by atoms with van der Waals surface area (Å²) in [5, 5.41) is 0. The summed E-state index contributed by atoms with van der Waals surface area (Å²) in [5.41, 5.74) is -0.588. The van der Waals surface area contributed by atoms with Gasteiger partial charge in [0.1, 0.15) is 0 Å². The van der Waals surface area contributed by atoms with Crippen LogP contribution in [-0.4, -0.2) is 30.0 Å². The molecule has 0 bridgehead atoms. The van der Waals surface area contributed by atoms with Crippen LogP contribution in [0.4, 0.5) is 5.69 Å². The van der Waals surface area contributed by atoms with Crippen molar-refractivity contribution >= 4 is 30.0 Å². The van der Waals surface area contributed by atoms with Gasteiger partial charge in [0.2, 0.25) is 24.3 Å². The molecule has 0 heterocycles. The van der Waals surface area contributed by atoms with E-state index in [2.05, 4.69) is 20.0 Å². The van der Waals surface area contributed by atoms with Crippen LogP contribution in [0.2, 0.25) is 0 Å². The topological polar surface area (TPSA) is 118 Å². The van der Waals surface area contributed by atoms with Gasteiger partial charge in [-0.05, 0) is 29.3 Å². The minimum absolute atomic E-state index is 0.0133. The monoisotopic (exact) mass is 362 g/mol. The third-order valence-corrected chi connectivity index (χ3v) is 4.37. The Morgan fingerprint density at radius 3 is 2.22 bits per heavy atom. The van der Waals surface area contributed by atoms with E-state index in [4.69, 9.17) is 0 Å². The molecule has 8 heteroatoms. The van der Waals surface area contributed by atoms with Crippen molar-refractivity contribution in [3.63, 3.8) is 0 Å². The van der Waals surface area contributed by atoms with Gasteiger partial charge in [-0.2, -0.15) is 20.0 Å². The maximum atomic E-state index is 11.0. The van der Waals surface area contributed by atoms with Gasteiger partial charge in [0.25, 0.3) is 0 Å². The number of allylic oxidation sites excluding steroid dienone is 1. The first-order chi connectivity index (χ1) is 12.9. The molecular formula is C19H14N4O4. The minimum Gasteiger partial charge on any atom is -0.211 e. The Hall–Kier alpha value is -3.78. The summed E-state index contributed by atoms with van der Waals surface area (Å²) in [7, 11) is 0. The molecule has 0 N–H and O–H groups in total. The van der Waals surface area contributed by atoms with E-state index >= 15 is 0 Å². The summed E-state index contributed by atoms with van der Waals surface area (Å²) >= 11 is 0. The third kappa shape index (κ3) is 3.91. The number of hydrogen-bond donors (Lipinski definition) is 0. The number of rotatable bonds is 6. The van der Waals surface area contributed by atoms with Crippen molar-refractivity contribution in [1.82, 2.24) is 0 Å². The molecule has 0 radical (unpaired) electrons. The molecule has 1 aliphatic rings. The van der Waals surface area contributed by atoms with E-state index in [1.54, 1.807) is 24.3 Å². The van der Waals surface area contributed by atoms with Crippen LogP contribution in [0.1, 0.15) is 25.8 Å². The van der Waals surface area contributed by atoms with Crippen LogP contribution >= 0.6 is 0 Å². The Morgan fingerprint density at radius 1 is 0.963 bits per heavy atom. The second-order valence-electron chi connectivity index (χ2n) is 6.20. The van der Waals surface area contributed by atoms with E-state index in [1.165, 1.54) is 36.5 Å². The molecule has 27 heavy (non-hydrogen) atoms. The van der Waals surface area contributed by atoms with E-state index in [1.807, 2.05) is 13.8 Å². The van der Waals surface area contributed by atoms with Gasteiger partial charge in [-0.1, -0.05) is 32.1 Å². The molecule has 0 saturated carbocycles. The first-order valence-corrected chi connectivity index (χ1v) is 7.80. The number of hydrogen-bond acceptors (Lipinski definition) is 8. The zero-order valence-corrected chi connectivity index (χ0v) is 14.6. The van der Waals surface area contributed by atoms with Crippen molar-refractivity contribution in [2.75, 3.05) is 0 Å². The lowest BCUT2D eigenvalue weighted by Crippen LogP contribution is -2.38. The Kier molecular flexibility index (Phi) is 5.84. The van der Waals surface area contributed by atoms with Gasteiger partial charge in [-0.25, -0.2) is 19.2 Å². The maximum Gasteiger partial charge on any atom is 0.240 e. The number of carbonyl (C=O) groups excluding carboxylic acids is 4. The number of nitrogens with zero attached hydrogens (tertiary/aromatic N) is 4. The summed E-state index contributed by atoms with van der Waals surface area (Å²) in [6, 6.07) is 6.77. The Bertz CT molecular complexity index is 994. The van der Waals surface area contributed by atoms with Gasteiger partial charge >= 0.3 is 0 Å². The zero-order chi connectivity index (χ0) is 19.9. The smallest absolute Gasteiger partial charge is 0.211 e. The van der Waals surface area contributed by atoms with E-state index in [9.17, 15) is 19.2 Å². The fraction of sp³-hybridized carbons (Fsp3) is 0.263. The standard InChI is InChI=1S/C19H14N4O4/c1-18(2,14-4-3-5-15(8-14)20-10-24)17-9-16(21-11-25)6-7-19(17,22-12-26)23-13-27/h3-6,8-9H,7H2,1-2H3. The Morgan fingerprint density at radius 2 is 1.63 bits per heavy atom. The summed E-state index contributed by atoms with van der Waals surface area (Å²) in [6.07, 6.45) is 8.88. The van der Waals surface area contributed by atoms with Gasteiger partial charge in [0, 0.05) is 11.8 Å². The van der Waals surface area contributed by atoms with E-state index < -0.39 is 11.1 Å². The normalized spacial score (nSPS) is 18.4. The fourth-order valence-corrected chi connectivity index (χ4v) is 3.05. The van der Waals surface area contributed by atoms with E-state index in [0.717, 1.165) is 0 Å². The van der Waals surface area contributed by atoms with Crippen molar-refractivity contribution in [3.05, 3.63) is 53.3 Å². The van der Waals surface area contributed by atoms with Gasteiger partial charge in [-0.15, -0.1) is 0 Å². The predicted octanol–water partition coefficient (Wildman–Crippen LogP) is 2.85. The molecular weight excluding hydrogens is 348 g/mol. The average molecular weight is 362 g/mol. The molecule has 8 nitrogen and oxygen atoms in total. The minimum atomic E-state index is -1.56. The zero-order valence-electron chi connectivity index (χ0n) is 14.6. The van der Waals surface area contributed by atoms with Gasteiger partial charge in [0.05, 0.1) is 11.4 Å². The summed E-state index contributed by atoms with van der Waals surface area (Å²) < 4.78 is 0. The van der Waals surface area contributed by atoms with Crippen molar-refractivity contribution in [2.45, 2.75) is 31.3 Å². The highest BCUT2D eigenvalue weighted by molar-refractivity contribution is 5.56. The van der Waals surface area contributed by atoms with Crippen LogP contribution in [0.15, 0.2) is 67.7 Å². The van der Waals surface area contributed by atoms with Gasteiger partial charge < -0.3 is 0 Å². The lowest BCUT2D eigenvalue weighted by Gasteiger charge is -2.38. The maximum absolute atomic E-state index is 11.0. The predicted molar refractivity (Wildman–Crippen MR) is 95.1 cm³/mol. The molecule has 0 aliphatic heterocycles. The highest BCUT2D eigenvalue weighted by atomic mass is 16.1. The second-order valence-corrected chi connectivity index (χ2v) is 6.20. The SMILES string of the molecule is CC(C)(C1=CC(N=C=O)=CCC1(N=C=O)N=C=O)c1cccc(N=C=O)c1. The lowest BCUT2D eigenvalue weighted by molar-refractivity contribution is 0.428. The molecule has 2 rings (SSSR count). The first-order valence-electron chi connectivity index (χ1n) is 7.80. The molecule has 0 amide bonds. The molecule has 1 aromatic rings. The van der Waals surface area contributed by atoms with Gasteiger partial charge in [0.15, 0.2) is 5.66 Å². The van der Waals surface area contributed by atoms with Crippen LogP contribution in [0.3, 0.4) is 0 Å². The number of isocyanates is 4. The Balaban J connectivity index is 2.76. The molecule has 1 aromatic carbocycles. The molecule has 0 atom stereocenters. The summed E-state index contributed by atoms with van der Waals surface area (Å²) in [6.45, 7) is 3.62. The van der Waals surface area contributed by atoms with E-state index in [0.29, 0.717) is 22.5 Å². The quantitative estimate of drug-likeness (QED) is 0.571.